The van der Waals surface area contributed by atoms with Gasteiger partial charge in [0, 0.05) is 25.7 Å². The second-order valence-corrected chi connectivity index (χ2v) is 7.52. The maximum atomic E-state index is 10.3. The predicted octanol–water partition coefficient (Wildman–Crippen LogP) is 2.59. The molecule has 0 spiro atoms. The summed E-state index contributed by atoms with van der Waals surface area (Å²) in [7, 11) is 0. The monoisotopic (exact) mass is 311 g/mol. The molecule has 2 unspecified atom stereocenters. The van der Waals surface area contributed by atoms with Crippen molar-refractivity contribution in [3.05, 3.63) is 0 Å². The highest BCUT2D eigenvalue weighted by atomic mass is 16.5. The van der Waals surface area contributed by atoms with Gasteiger partial charge in [0.2, 0.25) is 0 Å². The van der Waals surface area contributed by atoms with E-state index in [0.29, 0.717) is 19.3 Å². The maximum absolute atomic E-state index is 10.3. The van der Waals surface area contributed by atoms with Gasteiger partial charge in [-0.05, 0) is 44.4 Å². The summed E-state index contributed by atoms with van der Waals surface area (Å²) in [5.74, 6) is 0.891. The first-order chi connectivity index (χ1) is 10.8. The summed E-state index contributed by atoms with van der Waals surface area (Å²) in [5, 5.41) is 10.3. The lowest BCUT2D eigenvalue weighted by atomic mass is 9.93. The molecule has 4 heteroatoms. The minimum absolute atomic E-state index is 0.258. The van der Waals surface area contributed by atoms with Crippen molar-refractivity contribution in [2.24, 2.45) is 5.92 Å². The number of hydrogen-bond donors (Lipinski definition) is 1. The zero-order chi connectivity index (χ0) is 15.2. The molecular formula is C18H33NO3. The van der Waals surface area contributed by atoms with Gasteiger partial charge in [0.15, 0.2) is 0 Å². The summed E-state index contributed by atoms with van der Waals surface area (Å²) in [6, 6.07) is 0.696. The molecule has 0 amide bonds. The molecule has 2 saturated carbocycles. The SMILES string of the molecule is OC(COCC1CCCO1)CN(CC1CC1)C1CCCCC1. The van der Waals surface area contributed by atoms with E-state index in [2.05, 4.69) is 4.90 Å². The second kappa shape index (κ2) is 8.62. The highest BCUT2D eigenvalue weighted by Crippen LogP contribution is 2.32. The van der Waals surface area contributed by atoms with Crippen LogP contribution in [0.1, 0.15) is 57.8 Å². The van der Waals surface area contributed by atoms with Crippen LogP contribution >= 0.6 is 0 Å². The number of nitrogens with zero attached hydrogens (tertiary/aromatic N) is 1. The Morgan fingerprint density at radius 3 is 2.55 bits per heavy atom. The van der Waals surface area contributed by atoms with E-state index in [4.69, 9.17) is 9.47 Å². The van der Waals surface area contributed by atoms with Gasteiger partial charge in [-0.15, -0.1) is 0 Å². The van der Waals surface area contributed by atoms with Crippen molar-refractivity contribution in [3.63, 3.8) is 0 Å². The van der Waals surface area contributed by atoms with Crippen LogP contribution in [-0.2, 0) is 9.47 Å². The third kappa shape index (κ3) is 5.48. The van der Waals surface area contributed by atoms with Gasteiger partial charge in [0.05, 0.1) is 25.4 Å². The van der Waals surface area contributed by atoms with Gasteiger partial charge in [-0.3, -0.25) is 4.90 Å². The highest BCUT2D eigenvalue weighted by Gasteiger charge is 2.30. The number of aliphatic hydroxyl groups is 1. The van der Waals surface area contributed by atoms with Crippen LogP contribution in [0.3, 0.4) is 0 Å². The van der Waals surface area contributed by atoms with Gasteiger partial charge < -0.3 is 14.6 Å². The second-order valence-electron chi connectivity index (χ2n) is 7.52. The molecule has 22 heavy (non-hydrogen) atoms. The molecule has 0 bridgehead atoms. The summed E-state index contributed by atoms with van der Waals surface area (Å²) in [4.78, 5) is 2.57. The summed E-state index contributed by atoms with van der Waals surface area (Å²) in [5.41, 5.74) is 0. The standard InChI is InChI=1S/C18H33NO3/c20-17(13-21-14-18-7-4-10-22-18)12-19(11-15-8-9-15)16-5-2-1-3-6-16/h15-18,20H,1-14H2. The van der Waals surface area contributed by atoms with E-state index in [1.165, 1.54) is 51.5 Å². The van der Waals surface area contributed by atoms with Gasteiger partial charge >= 0.3 is 0 Å². The Hall–Kier alpha value is -0.160. The maximum Gasteiger partial charge on any atom is 0.0900 e. The molecule has 4 nitrogen and oxygen atoms in total. The lowest BCUT2D eigenvalue weighted by Crippen LogP contribution is -2.44. The average Bonchev–Trinajstić information content (AvgIpc) is 3.20. The van der Waals surface area contributed by atoms with Crippen LogP contribution in [0.4, 0.5) is 0 Å². The Morgan fingerprint density at radius 2 is 1.86 bits per heavy atom. The normalized spacial score (nSPS) is 28.4. The van der Waals surface area contributed by atoms with Gasteiger partial charge in [0.25, 0.3) is 0 Å². The fourth-order valence-electron chi connectivity index (χ4n) is 3.89. The molecule has 2 atom stereocenters. The zero-order valence-electron chi connectivity index (χ0n) is 13.9. The molecule has 1 saturated heterocycles. The van der Waals surface area contributed by atoms with Crippen molar-refractivity contribution >= 4 is 0 Å². The van der Waals surface area contributed by atoms with E-state index in [1.54, 1.807) is 0 Å². The van der Waals surface area contributed by atoms with E-state index in [0.717, 1.165) is 31.9 Å². The Balaban J connectivity index is 1.38. The van der Waals surface area contributed by atoms with Crippen molar-refractivity contribution in [3.8, 4) is 0 Å². The minimum Gasteiger partial charge on any atom is -0.389 e. The third-order valence-corrected chi connectivity index (χ3v) is 5.36. The Morgan fingerprint density at radius 1 is 1.05 bits per heavy atom. The highest BCUT2D eigenvalue weighted by molar-refractivity contribution is 4.84. The van der Waals surface area contributed by atoms with Crippen LogP contribution in [0.5, 0.6) is 0 Å². The molecule has 0 radical (unpaired) electrons. The summed E-state index contributed by atoms with van der Waals surface area (Å²) < 4.78 is 11.2. The summed E-state index contributed by atoms with van der Waals surface area (Å²) >= 11 is 0. The largest absolute Gasteiger partial charge is 0.389 e. The lowest BCUT2D eigenvalue weighted by Gasteiger charge is -2.35. The van der Waals surface area contributed by atoms with E-state index >= 15 is 0 Å². The van der Waals surface area contributed by atoms with Gasteiger partial charge in [-0.2, -0.15) is 0 Å². The minimum atomic E-state index is -0.359. The van der Waals surface area contributed by atoms with Crippen molar-refractivity contribution in [1.82, 2.24) is 4.90 Å². The molecule has 0 aromatic carbocycles. The molecule has 0 aromatic rings. The molecule has 1 N–H and O–H groups in total. The quantitative estimate of drug-likeness (QED) is 0.711. The van der Waals surface area contributed by atoms with Crippen molar-refractivity contribution < 1.29 is 14.6 Å². The van der Waals surface area contributed by atoms with E-state index in [9.17, 15) is 5.11 Å². The van der Waals surface area contributed by atoms with Gasteiger partial charge in [-0.25, -0.2) is 0 Å². The third-order valence-electron chi connectivity index (χ3n) is 5.36. The van der Waals surface area contributed by atoms with Crippen LogP contribution < -0.4 is 0 Å². The number of hydrogen-bond acceptors (Lipinski definition) is 4. The number of ether oxygens (including phenoxy) is 2. The van der Waals surface area contributed by atoms with Crippen molar-refractivity contribution in [2.45, 2.75) is 76.0 Å². The van der Waals surface area contributed by atoms with Crippen molar-refractivity contribution in [1.29, 1.82) is 0 Å². The van der Waals surface area contributed by atoms with Crippen LogP contribution in [0.25, 0.3) is 0 Å². The Kier molecular flexibility index (Phi) is 6.54. The number of rotatable bonds is 9. The molecule has 3 fully saturated rings. The summed E-state index contributed by atoms with van der Waals surface area (Å²) in [6.45, 7) is 3.93. The van der Waals surface area contributed by atoms with Crippen LogP contribution in [0.15, 0.2) is 0 Å². The van der Waals surface area contributed by atoms with Crippen molar-refractivity contribution in [2.75, 3.05) is 32.9 Å². The topological polar surface area (TPSA) is 41.9 Å². The predicted molar refractivity (Wildman–Crippen MR) is 87.0 cm³/mol. The zero-order valence-corrected chi connectivity index (χ0v) is 13.9. The molecule has 1 heterocycles. The van der Waals surface area contributed by atoms with E-state index in [1.807, 2.05) is 0 Å². The first kappa shape index (κ1) is 16.7. The van der Waals surface area contributed by atoms with Crippen LogP contribution in [0.2, 0.25) is 0 Å². The molecule has 128 valence electrons. The molecule has 1 aliphatic heterocycles. The van der Waals surface area contributed by atoms with Gasteiger partial charge in [-0.1, -0.05) is 19.3 Å². The smallest absolute Gasteiger partial charge is 0.0900 e. The van der Waals surface area contributed by atoms with E-state index < -0.39 is 0 Å². The first-order valence-electron chi connectivity index (χ1n) is 9.42. The Labute approximate surface area is 135 Å². The fourth-order valence-corrected chi connectivity index (χ4v) is 3.89. The number of aliphatic hydroxyl groups excluding tert-OH is 1. The van der Waals surface area contributed by atoms with E-state index in [-0.39, 0.29) is 12.2 Å². The lowest BCUT2D eigenvalue weighted by molar-refractivity contribution is -0.0306. The molecular weight excluding hydrogens is 278 g/mol. The summed E-state index contributed by atoms with van der Waals surface area (Å²) in [6.07, 6.45) is 11.7. The fraction of sp³-hybridized carbons (Fsp3) is 1.00. The first-order valence-corrected chi connectivity index (χ1v) is 9.42. The molecule has 3 aliphatic rings. The van der Waals surface area contributed by atoms with Gasteiger partial charge in [0.1, 0.15) is 0 Å². The molecule has 2 aliphatic carbocycles. The molecule has 3 rings (SSSR count). The average molecular weight is 311 g/mol. The Bertz CT molecular complexity index is 309. The van der Waals surface area contributed by atoms with Crippen LogP contribution in [0, 0.1) is 5.92 Å². The molecule has 0 aromatic heterocycles. The van der Waals surface area contributed by atoms with Crippen LogP contribution in [-0.4, -0.2) is 61.2 Å².